The van der Waals surface area contributed by atoms with Gasteiger partial charge in [-0.2, -0.15) is 13.2 Å². The molecule has 0 bridgehead atoms. The van der Waals surface area contributed by atoms with E-state index >= 15 is 0 Å². The molecule has 12 heteroatoms. The third-order valence-corrected chi connectivity index (χ3v) is 6.06. The number of carboxylic acid groups (broad SMARTS) is 1. The molecule has 4 heterocycles. The summed E-state index contributed by atoms with van der Waals surface area (Å²) in [5, 5.41) is 7.12. The molecule has 3 saturated heterocycles. The number of aromatic nitrogens is 1. The van der Waals surface area contributed by atoms with Crippen molar-refractivity contribution < 1.29 is 42.1 Å². The predicted molar refractivity (Wildman–Crippen MR) is 108 cm³/mol. The first kappa shape index (κ1) is 24.7. The third kappa shape index (κ3) is 5.73. The Morgan fingerprint density at radius 2 is 2.06 bits per heavy atom. The number of alkyl halides is 3. The number of carbonyl (C=O) groups excluding carboxylic acids is 2. The maximum Gasteiger partial charge on any atom is 0.490 e. The van der Waals surface area contributed by atoms with Crippen molar-refractivity contribution in [1.82, 2.24) is 14.8 Å². The van der Waals surface area contributed by atoms with E-state index in [1.165, 1.54) is 7.11 Å². The molecule has 0 unspecified atom stereocenters. The molecule has 3 aliphatic rings. The molecule has 0 radical (unpaired) electrons. The van der Waals surface area contributed by atoms with E-state index in [1.54, 1.807) is 18.3 Å². The summed E-state index contributed by atoms with van der Waals surface area (Å²) in [7, 11) is 1.52. The van der Waals surface area contributed by atoms with Gasteiger partial charge in [0.15, 0.2) is 0 Å². The Morgan fingerprint density at radius 3 is 2.67 bits per heavy atom. The van der Waals surface area contributed by atoms with Gasteiger partial charge >= 0.3 is 12.1 Å². The van der Waals surface area contributed by atoms with Crippen molar-refractivity contribution >= 4 is 17.8 Å². The highest BCUT2D eigenvalue weighted by Crippen LogP contribution is 2.37. The van der Waals surface area contributed by atoms with Crippen molar-refractivity contribution in [3.63, 3.8) is 0 Å². The fourth-order valence-corrected chi connectivity index (χ4v) is 4.51. The molecule has 2 amide bonds. The molecule has 0 saturated carbocycles. The van der Waals surface area contributed by atoms with Crippen LogP contribution in [0.3, 0.4) is 0 Å². The number of amides is 2. The molecule has 1 spiro atoms. The molecule has 3 fully saturated rings. The molecule has 2 atom stereocenters. The van der Waals surface area contributed by atoms with E-state index in [9.17, 15) is 22.8 Å². The number of hydrogen-bond acceptors (Lipinski definition) is 6. The molecule has 33 heavy (non-hydrogen) atoms. The van der Waals surface area contributed by atoms with Crippen molar-refractivity contribution in [2.45, 2.75) is 49.9 Å². The summed E-state index contributed by atoms with van der Waals surface area (Å²) in [6.07, 6.45) is 0.651. The van der Waals surface area contributed by atoms with E-state index in [0.29, 0.717) is 37.6 Å². The largest absolute Gasteiger partial charge is 0.490 e. The van der Waals surface area contributed by atoms with Gasteiger partial charge in [0.05, 0.1) is 19.3 Å². The molecule has 0 aliphatic carbocycles. The molecule has 182 valence electrons. The van der Waals surface area contributed by atoms with Crippen LogP contribution in [0.15, 0.2) is 18.3 Å². The first-order valence-corrected chi connectivity index (χ1v) is 10.6. The van der Waals surface area contributed by atoms with E-state index in [2.05, 4.69) is 4.98 Å². The van der Waals surface area contributed by atoms with Gasteiger partial charge in [-0.05, 0) is 37.8 Å². The smallest absolute Gasteiger partial charge is 0.480 e. The first-order valence-electron chi connectivity index (χ1n) is 10.6. The zero-order chi connectivity index (χ0) is 24.2. The van der Waals surface area contributed by atoms with Gasteiger partial charge in [-0.1, -0.05) is 0 Å². The van der Waals surface area contributed by atoms with Crippen LogP contribution < -0.4 is 4.74 Å². The topological polar surface area (TPSA) is 109 Å². The summed E-state index contributed by atoms with van der Waals surface area (Å²) in [6, 6.07) is 3.72. The van der Waals surface area contributed by atoms with Crippen LogP contribution in [0.4, 0.5) is 13.2 Å². The Bertz CT molecular complexity index is 896. The maximum absolute atomic E-state index is 12.9. The number of pyridine rings is 1. The number of halogens is 3. The number of carboxylic acids is 1. The van der Waals surface area contributed by atoms with Crippen LogP contribution in [-0.4, -0.2) is 88.8 Å². The minimum Gasteiger partial charge on any atom is -0.480 e. The second-order valence-electron chi connectivity index (χ2n) is 8.21. The summed E-state index contributed by atoms with van der Waals surface area (Å²) in [5.74, 6) is -2.22. The fourth-order valence-electron chi connectivity index (χ4n) is 4.51. The van der Waals surface area contributed by atoms with Crippen molar-refractivity contribution in [2.75, 3.05) is 33.4 Å². The van der Waals surface area contributed by atoms with E-state index in [1.807, 2.05) is 9.80 Å². The van der Waals surface area contributed by atoms with Gasteiger partial charge < -0.3 is 24.4 Å². The van der Waals surface area contributed by atoms with Crippen LogP contribution in [0.1, 0.15) is 42.5 Å². The number of nitrogens with zero attached hydrogens (tertiary/aromatic N) is 3. The highest BCUT2D eigenvalue weighted by Gasteiger charge is 2.47. The van der Waals surface area contributed by atoms with E-state index < -0.39 is 12.1 Å². The lowest BCUT2D eigenvalue weighted by atomic mass is 9.89. The van der Waals surface area contributed by atoms with Gasteiger partial charge in [0, 0.05) is 38.4 Å². The van der Waals surface area contributed by atoms with E-state index in [-0.39, 0.29) is 23.5 Å². The van der Waals surface area contributed by atoms with Crippen molar-refractivity contribution in [2.24, 2.45) is 0 Å². The zero-order valence-corrected chi connectivity index (χ0v) is 18.1. The Hall–Kier alpha value is -2.89. The Morgan fingerprint density at radius 1 is 1.33 bits per heavy atom. The van der Waals surface area contributed by atoms with Gasteiger partial charge in [-0.15, -0.1) is 0 Å². The van der Waals surface area contributed by atoms with E-state index in [4.69, 9.17) is 19.4 Å². The maximum atomic E-state index is 12.9. The number of aliphatic carboxylic acids is 1. The molecule has 9 nitrogen and oxygen atoms in total. The first-order chi connectivity index (χ1) is 15.6. The summed E-state index contributed by atoms with van der Waals surface area (Å²) in [5.41, 5.74) is 0.144. The molecule has 0 aromatic carbocycles. The number of methoxy groups -OCH3 is 1. The average molecular weight is 473 g/mol. The zero-order valence-electron chi connectivity index (χ0n) is 18.1. The predicted octanol–water partition coefficient (Wildman–Crippen LogP) is 2.11. The van der Waals surface area contributed by atoms with Crippen LogP contribution in [0.5, 0.6) is 5.88 Å². The lowest BCUT2D eigenvalue weighted by Gasteiger charge is -2.41. The van der Waals surface area contributed by atoms with E-state index in [0.717, 1.165) is 32.2 Å². The van der Waals surface area contributed by atoms with Crippen LogP contribution >= 0.6 is 0 Å². The monoisotopic (exact) mass is 473 g/mol. The quantitative estimate of drug-likeness (QED) is 0.716. The molecule has 1 aromatic heterocycles. The Labute approximate surface area is 188 Å². The molecule has 1 aromatic rings. The highest BCUT2D eigenvalue weighted by atomic mass is 19.4. The molecular formula is C21H26F3N3O6. The lowest BCUT2D eigenvalue weighted by molar-refractivity contribution is -0.192. The van der Waals surface area contributed by atoms with Gasteiger partial charge in [0.2, 0.25) is 11.8 Å². The number of likely N-dealkylation sites (tertiary alicyclic amines) is 2. The Kier molecular flexibility index (Phi) is 7.45. The number of rotatable bonds is 3. The van der Waals surface area contributed by atoms with Crippen molar-refractivity contribution in [1.29, 1.82) is 0 Å². The molecule has 1 N–H and O–H groups in total. The SMILES string of the molecule is COc1ncccc1C(=O)N1CC[C@@]2(C[C@@H](N3CCCC3=O)CCO2)C1.O=C(O)C(F)(F)F. The minimum absolute atomic E-state index is 0.0743. The van der Waals surface area contributed by atoms with Crippen LogP contribution in [0.25, 0.3) is 0 Å². The summed E-state index contributed by atoms with van der Waals surface area (Å²) in [4.78, 5) is 41.9. The number of ether oxygens (including phenoxy) is 2. The second kappa shape index (κ2) is 9.94. The number of hydrogen-bond donors (Lipinski definition) is 1. The highest BCUT2D eigenvalue weighted by molar-refractivity contribution is 5.96. The fraction of sp³-hybridized carbons (Fsp3) is 0.619. The van der Waals surface area contributed by atoms with Gasteiger partial charge in [0.1, 0.15) is 5.56 Å². The van der Waals surface area contributed by atoms with Gasteiger partial charge in [-0.3, -0.25) is 9.59 Å². The van der Waals surface area contributed by atoms with Gasteiger partial charge in [0.25, 0.3) is 5.91 Å². The third-order valence-electron chi connectivity index (χ3n) is 6.06. The van der Waals surface area contributed by atoms with Crippen LogP contribution in [0.2, 0.25) is 0 Å². The Balaban J connectivity index is 0.000000383. The molecule has 3 aliphatic heterocycles. The summed E-state index contributed by atoms with van der Waals surface area (Å²) >= 11 is 0. The lowest BCUT2D eigenvalue weighted by Crippen LogP contribution is -2.50. The van der Waals surface area contributed by atoms with Crippen LogP contribution in [0, 0.1) is 0 Å². The van der Waals surface area contributed by atoms with Gasteiger partial charge in [-0.25, -0.2) is 9.78 Å². The van der Waals surface area contributed by atoms with Crippen LogP contribution in [-0.2, 0) is 14.3 Å². The summed E-state index contributed by atoms with van der Waals surface area (Å²) < 4.78 is 43.1. The molecular weight excluding hydrogens is 447 g/mol. The van der Waals surface area contributed by atoms with Crippen molar-refractivity contribution in [3.8, 4) is 5.88 Å². The molecule has 4 rings (SSSR count). The van der Waals surface area contributed by atoms with Crippen molar-refractivity contribution in [3.05, 3.63) is 23.9 Å². The minimum atomic E-state index is -5.08. The normalized spacial score (nSPS) is 25.1. The standard InChI is InChI=1S/C19H25N3O4.C2HF3O2/c1-25-17-15(4-2-8-20-17)18(24)21-10-7-19(13-21)12-14(6-11-26-19)22-9-3-5-16(22)23;3-2(4,5)1(6)7/h2,4,8,14H,3,5-7,9-13H2,1H3;(H,6,7)/t14-,19+;/m0./s1. The summed E-state index contributed by atoms with van der Waals surface area (Å²) in [6.45, 7) is 2.71. The average Bonchev–Trinajstić information content (AvgIpc) is 3.39. The number of carbonyl (C=O) groups is 3. The second-order valence-corrected chi connectivity index (χ2v) is 8.21.